The van der Waals surface area contributed by atoms with Gasteiger partial charge < -0.3 is 10.4 Å². The van der Waals surface area contributed by atoms with Crippen molar-refractivity contribution in [1.29, 1.82) is 0 Å². The van der Waals surface area contributed by atoms with Crippen LogP contribution < -0.4 is 5.32 Å². The van der Waals surface area contributed by atoms with Crippen LogP contribution in [0.25, 0.3) is 0 Å². The minimum absolute atomic E-state index is 0.198. The molecule has 10 heavy (non-hydrogen) atoms. The van der Waals surface area contributed by atoms with Crippen molar-refractivity contribution in [2.45, 2.75) is 6.92 Å². The van der Waals surface area contributed by atoms with Gasteiger partial charge in [-0.3, -0.25) is 0 Å². The maximum Gasteiger partial charge on any atom is 0.168 e. The van der Waals surface area contributed by atoms with Gasteiger partial charge in [-0.15, -0.1) is 0 Å². The van der Waals surface area contributed by atoms with E-state index in [1.165, 1.54) is 0 Å². The number of rotatable bonds is 2. The summed E-state index contributed by atoms with van der Waals surface area (Å²) in [5.41, 5.74) is 0. The summed E-state index contributed by atoms with van der Waals surface area (Å²) in [6.07, 6.45) is 1.64. The molecule has 1 rings (SSSR count). The summed E-state index contributed by atoms with van der Waals surface area (Å²) in [6, 6.07) is 3.29. The molecule has 0 atom stereocenters. The zero-order valence-electron chi connectivity index (χ0n) is 5.83. The van der Waals surface area contributed by atoms with Crippen LogP contribution in [0.5, 0.6) is 5.75 Å². The second-order valence-electron chi connectivity index (χ2n) is 1.90. The Labute approximate surface area is 59.7 Å². The van der Waals surface area contributed by atoms with Gasteiger partial charge in [0.15, 0.2) is 11.6 Å². The number of pyridine rings is 1. The van der Waals surface area contributed by atoms with E-state index in [0.29, 0.717) is 5.82 Å². The first-order valence-corrected chi connectivity index (χ1v) is 3.22. The van der Waals surface area contributed by atoms with Crippen LogP contribution in [-0.4, -0.2) is 16.6 Å². The SMILES string of the molecule is CCNc1ncccc1O. The molecule has 0 aliphatic carbocycles. The van der Waals surface area contributed by atoms with E-state index < -0.39 is 0 Å². The smallest absolute Gasteiger partial charge is 0.168 e. The van der Waals surface area contributed by atoms with Crippen LogP contribution in [0.3, 0.4) is 0 Å². The molecule has 1 aromatic heterocycles. The topological polar surface area (TPSA) is 45.2 Å². The molecule has 0 spiro atoms. The second kappa shape index (κ2) is 3.06. The molecule has 0 fully saturated rings. The van der Waals surface area contributed by atoms with Crippen LogP contribution in [0.4, 0.5) is 5.82 Å². The Kier molecular flexibility index (Phi) is 2.10. The van der Waals surface area contributed by atoms with Crippen molar-refractivity contribution in [2.75, 3.05) is 11.9 Å². The zero-order chi connectivity index (χ0) is 7.40. The Morgan fingerprint density at radius 2 is 2.50 bits per heavy atom. The number of nitrogens with zero attached hydrogens (tertiary/aromatic N) is 1. The minimum atomic E-state index is 0.198. The van der Waals surface area contributed by atoms with Crippen LogP contribution >= 0.6 is 0 Å². The van der Waals surface area contributed by atoms with Gasteiger partial charge >= 0.3 is 0 Å². The van der Waals surface area contributed by atoms with Crippen LogP contribution in [-0.2, 0) is 0 Å². The van der Waals surface area contributed by atoms with Crippen molar-refractivity contribution < 1.29 is 5.11 Å². The summed E-state index contributed by atoms with van der Waals surface area (Å²) in [7, 11) is 0. The lowest BCUT2D eigenvalue weighted by Gasteiger charge is -2.01. The van der Waals surface area contributed by atoms with Crippen molar-refractivity contribution in [3.8, 4) is 5.75 Å². The fraction of sp³-hybridized carbons (Fsp3) is 0.286. The van der Waals surface area contributed by atoms with E-state index in [4.69, 9.17) is 5.11 Å². The van der Waals surface area contributed by atoms with E-state index in [1.54, 1.807) is 18.3 Å². The Morgan fingerprint density at radius 1 is 1.70 bits per heavy atom. The third kappa shape index (κ3) is 1.37. The fourth-order valence-electron chi connectivity index (χ4n) is 0.700. The summed E-state index contributed by atoms with van der Waals surface area (Å²) < 4.78 is 0. The number of anilines is 1. The normalized spacial score (nSPS) is 9.30. The lowest BCUT2D eigenvalue weighted by molar-refractivity contribution is 0.475. The summed E-state index contributed by atoms with van der Waals surface area (Å²) in [6.45, 7) is 2.72. The number of hydrogen-bond acceptors (Lipinski definition) is 3. The van der Waals surface area contributed by atoms with Crippen molar-refractivity contribution in [1.82, 2.24) is 4.98 Å². The molecule has 0 bridgehead atoms. The van der Waals surface area contributed by atoms with Crippen molar-refractivity contribution >= 4 is 5.82 Å². The van der Waals surface area contributed by atoms with Crippen molar-refractivity contribution in [3.63, 3.8) is 0 Å². The predicted molar refractivity (Wildman–Crippen MR) is 40.1 cm³/mol. The Bertz CT molecular complexity index is 213. The Hall–Kier alpha value is -1.25. The van der Waals surface area contributed by atoms with E-state index in [-0.39, 0.29) is 5.75 Å². The third-order valence-electron chi connectivity index (χ3n) is 1.13. The molecular weight excluding hydrogens is 128 g/mol. The summed E-state index contributed by atoms with van der Waals surface area (Å²) in [5, 5.41) is 12.0. The van der Waals surface area contributed by atoms with Gasteiger partial charge in [0.2, 0.25) is 0 Å². The highest BCUT2D eigenvalue weighted by Crippen LogP contribution is 2.17. The summed E-state index contributed by atoms with van der Waals surface area (Å²) >= 11 is 0. The number of aromatic nitrogens is 1. The van der Waals surface area contributed by atoms with Gasteiger partial charge in [-0.2, -0.15) is 0 Å². The summed E-state index contributed by atoms with van der Waals surface area (Å²) in [5.74, 6) is 0.745. The standard InChI is InChI=1S/C7H10N2O/c1-2-8-7-6(10)4-3-5-9-7/h3-5,10H,2H2,1H3,(H,8,9). The van der Waals surface area contributed by atoms with Gasteiger partial charge in [0.05, 0.1) is 0 Å². The molecule has 0 unspecified atom stereocenters. The molecule has 0 amide bonds. The molecular formula is C7H10N2O. The van der Waals surface area contributed by atoms with Gasteiger partial charge in [-0.1, -0.05) is 0 Å². The van der Waals surface area contributed by atoms with E-state index in [1.807, 2.05) is 6.92 Å². The lowest BCUT2D eigenvalue weighted by Crippen LogP contribution is -1.98. The number of nitrogens with one attached hydrogen (secondary N) is 1. The van der Waals surface area contributed by atoms with Gasteiger partial charge in [-0.05, 0) is 19.1 Å². The molecule has 0 saturated carbocycles. The van der Waals surface area contributed by atoms with Crippen LogP contribution in [0, 0.1) is 0 Å². The van der Waals surface area contributed by atoms with Gasteiger partial charge in [0.1, 0.15) is 0 Å². The first kappa shape index (κ1) is 6.86. The molecule has 0 aliphatic heterocycles. The molecule has 1 heterocycles. The highest BCUT2D eigenvalue weighted by atomic mass is 16.3. The Balaban J connectivity index is 2.81. The first-order chi connectivity index (χ1) is 4.84. The molecule has 0 radical (unpaired) electrons. The number of hydrogen-bond donors (Lipinski definition) is 2. The highest BCUT2D eigenvalue weighted by Gasteiger charge is 1.95. The predicted octanol–water partition coefficient (Wildman–Crippen LogP) is 1.22. The second-order valence-corrected chi connectivity index (χ2v) is 1.90. The minimum Gasteiger partial charge on any atom is -0.504 e. The summed E-state index contributed by atoms with van der Waals surface area (Å²) in [4.78, 5) is 3.91. The first-order valence-electron chi connectivity index (χ1n) is 3.22. The maximum absolute atomic E-state index is 9.12. The fourth-order valence-corrected chi connectivity index (χ4v) is 0.700. The molecule has 0 saturated heterocycles. The third-order valence-corrected chi connectivity index (χ3v) is 1.13. The molecule has 1 aromatic rings. The average molecular weight is 138 g/mol. The lowest BCUT2D eigenvalue weighted by atomic mass is 10.4. The molecule has 0 aromatic carbocycles. The van der Waals surface area contributed by atoms with E-state index in [2.05, 4.69) is 10.3 Å². The van der Waals surface area contributed by atoms with Crippen molar-refractivity contribution in [3.05, 3.63) is 18.3 Å². The average Bonchev–Trinajstić information content (AvgIpc) is 1.94. The van der Waals surface area contributed by atoms with Crippen molar-refractivity contribution in [2.24, 2.45) is 0 Å². The molecule has 2 N–H and O–H groups in total. The molecule has 54 valence electrons. The molecule has 3 heteroatoms. The highest BCUT2D eigenvalue weighted by molar-refractivity contribution is 5.47. The maximum atomic E-state index is 9.12. The zero-order valence-corrected chi connectivity index (χ0v) is 5.83. The monoisotopic (exact) mass is 138 g/mol. The van der Waals surface area contributed by atoms with Gasteiger partial charge in [-0.25, -0.2) is 4.98 Å². The van der Waals surface area contributed by atoms with E-state index in [9.17, 15) is 0 Å². The largest absolute Gasteiger partial charge is 0.504 e. The van der Waals surface area contributed by atoms with E-state index in [0.717, 1.165) is 6.54 Å². The van der Waals surface area contributed by atoms with Crippen LogP contribution in [0.2, 0.25) is 0 Å². The Morgan fingerprint density at radius 3 is 3.10 bits per heavy atom. The van der Waals surface area contributed by atoms with Crippen LogP contribution in [0.15, 0.2) is 18.3 Å². The van der Waals surface area contributed by atoms with E-state index >= 15 is 0 Å². The van der Waals surface area contributed by atoms with Gasteiger partial charge in [0.25, 0.3) is 0 Å². The number of aromatic hydroxyl groups is 1. The molecule has 0 aliphatic rings. The quantitative estimate of drug-likeness (QED) is 0.645. The van der Waals surface area contributed by atoms with Crippen LogP contribution in [0.1, 0.15) is 6.92 Å². The molecule has 3 nitrogen and oxygen atoms in total. The van der Waals surface area contributed by atoms with Gasteiger partial charge in [0, 0.05) is 12.7 Å².